The van der Waals surface area contributed by atoms with Crippen LogP contribution in [0.25, 0.3) is 16.7 Å². The van der Waals surface area contributed by atoms with Gasteiger partial charge in [-0.3, -0.25) is 0 Å². The van der Waals surface area contributed by atoms with E-state index in [1.807, 2.05) is 24.6 Å². The molecule has 2 aromatic carbocycles. The number of halogens is 1. The van der Waals surface area contributed by atoms with Crippen molar-refractivity contribution in [3.8, 4) is 5.69 Å². The lowest BCUT2D eigenvalue weighted by Crippen LogP contribution is -2.62. The van der Waals surface area contributed by atoms with Crippen molar-refractivity contribution in [2.45, 2.75) is 32.4 Å². The van der Waals surface area contributed by atoms with E-state index in [1.54, 1.807) is 24.7 Å². The number of benzene rings is 2. The molecule has 1 spiro atoms. The summed E-state index contributed by atoms with van der Waals surface area (Å²) in [4.78, 5) is 12.7. The van der Waals surface area contributed by atoms with Crippen LogP contribution in [0, 0.1) is 24.1 Å². The average Bonchev–Trinajstić information content (AvgIpc) is 3.59. The number of hydrogen-bond donors (Lipinski definition) is 0. The van der Waals surface area contributed by atoms with Gasteiger partial charge < -0.3 is 23.6 Å². The predicted molar refractivity (Wildman–Crippen MR) is 130 cm³/mol. The van der Waals surface area contributed by atoms with E-state index in [2.05, 4.69) is 32.3 Å². The molecule has 3 aliphatic heterocycles. The zero-order valence-electron chi connectivity index (χ0n) is 20.1. The average molecular weight is 488 g/mol. The maximum Gasteiger partial charge on any atom is 0.234 e. The van der Waals surface area contributed by atoms with Gasteiger partial charge in [0.1, 0.15) is 5.82 Å². The highest BCUT2D eigenvalue weighted by Crippen LogP contribution is 2.48. The van der Waals surface area contributed by atoms with Crippen molar-refractivity contribution in [1.29, 1.82) is 0 Å². The molecular formula is C27H26FN5O3. The summed E-state index contributed by atoms with van der Waals surface area (Å²) in [5.41, 5.74) is 3.85. The van der Waals surface area contributed by atoms with E-state index in [9.17, 15) is 4.39 Å². The number of rotatable bonds is 4. The van der Waals surface area contributed by atoms with Crippen LogP contribution in [0.15, 0.2) is 64.8 Å². The number of ether oxygens (including phenoxy) is 1. The van der Waals surface area contributed by atoms with E-state index in [4.69, 9.17) is 14.1 Å². The Bertz CT molecular complexity index is 1490. The molecule has 2 aromatic heterocycles. The lowest BCUT2D eigenvalue weighted by molar-refractivity contribution is -0.169. The molecule has 9 heteroatoms. The second kappa shape index (κ2) is 7.64. The minimum absolute atomic E-state index is 0.0424. The van der Waals surface area contributed by atoms with E-state index in [1.165, 1.54) is 12.1 Å². The normalized spacial score (nSPS) is 24.5. The second-order valence-corrected chi connectivity index (χ2v) is 10.4. The molecule has 0 saturated carbocycles. The van der Waals surface area contributed by atoms with Crippen molar-refractivity contribution in [1.82, 2.24) is 19.6 Å². The van der Waals surface area contributed by atoms with Crippen LogP contribution < -0.4 is 0 Å². The molecule has 5 heterocycles. The highest BCUT2D eigenvalue weighted by atomic mass is 19.1. The third kappa shape index (κ3) is 3.19. The number of piperidine rings is 1. The van der Waals surface area contributed by atoms with E-state index in [0.29, 0.717) is 13.2 Å². The van der Waals surface area contributed by atoms with Gasteiger partial charge in [-0.15, -0.1) is 0 Å². The Labute approximate surface area is 207 Å². The Morgan fingerprint density at radius 3 is 2.69 bits per heavy atom. The minimum Gasteiger partial charge on any atom is -0.380 e. The monoisotopic (exact) mass is 487 g/mol. The molecule has 3 aliphatic rings. The Kier molecular flexibility index (Phi) is 4.57. The zero-order valence-corrected chi connectivity index (χ0v) is 20.1. The summed E-state index contributed by atoms with van der Waals surface area (Å²) in [5, 5.41) is 9.70. The van der Waals surface area contributed by atoms with Crippen molar-refractivity contribution < 1.29 is 18.5 Å². The van der Waals surface area contributed by atoms with Gasteiger partial charge in [0.2, 0.25) is 5.72 Å². The molecule has 0 bridgehead atoms. The third-order valence-corrected chi connectivity index (χ3v) is 7.89. The standard InChI is InChI=1S/C27H26FN5O3/c1-17-12-32(16-29-17)23-8-3-18(22-11-30-35-24(22)23)9-19-10-27(14-34-15-27)13-33-25(19)31-36-26(33,2)20-4-6-21(28)7-5-20/h3-8,11-12,16,19H,9-10,13-15H2,1-2H3. The molecule has 184 valence electrons. The number of imidazole rings is 1. The van der Waals surface area contributed by atoms with Crippen LogP contribution in [0.5, 0.6) is 0 Å². The molecule has 2 saturated heterocycles. The molecular weight excluding hydrogens is 461 g/mol. The van der Waals surface area contributed by atoms with Gasteiger partial charge in [-0.25, -0.2) is 9.37 Å². The molecule has 36 heavy (non-hydrogen) atoms. The largest absolute Gasteiger partial charge is 0.380 e. The number of amidine groups is 1. The summed E-state index contributed by atoms with van der Waals surface area (Å²) in [7, 11) is 0. The molecule has 0 aliphatic carbocycles. The molecule has 8 nitrogen and oxygen atoms in total. The predicted octanol–water partition coefficient (Wildman–Crippen LogP) is 4.56. The Morgan fingerprint density at radius 1 is 1.14 bits per heavy atom. The van der Waals surface area contributed by atoms with Crippen LogP contribution in [0.4, 0.5) is 4.39 Å². The van der Waals surface area contributed by atoms with E-state index in [0.717, 1.165) is 58.7 Å². The van der Waals surface area contributed by atoms with E-state index >= 15 is 0 Å². The molecule has 0 amide bonds. The smallest absolute Gasteiger partial charge is 0.234 e. The Hall–Kier alpha value is -3.72. The lowest BCUT2D eigenvalue weighted by Gasteiger charge is -2.52. The summed E-state index contributed by atoms with van der Waals surface area (Å²) in [6, 6.07) is 10.7. The minimum atomic E-state index is -0.792. The molecule has 4 aromatic rings. The topological polar surface area (TPSA) is 77.9 Å². The van der Waals surface area contributed by atoms with Crippen LogP contribution in [0.1, 0.15) is 30.2 Å². The van der Waals surface area contributed by atoms with Gasteiger partial charge in [0.25, 0.3) is 0 Å². The van der Waals surface area contributed by atoms with Gasteiger partial charge in [-0.1, -0.05) is 28.5 Å². The highest BCUT2D eigenvalue weighted by Gasteiger charge is 2.56. The molecule has 2 atom stereocenters. The number of aryl methyl sites for hydroxylation is 1. The summed E-state index contributed by atoms with van der Waals surface area (Å²) in [6.45, 7) is 6.19. The van der Waals surface area contributed by atoms with Crippen molar-refractivity contribution in [3.05, 3.63) is 77.8 Å². The van der Waals surface area contributed by atoms with Gasteiger partial charge >= 0.3 is 0 Å². The van der Waals surface area contributed by atoms with Crippen LogP contribution >= 0.6 is 0 Å². The Balaban J connectivity index is 1.24. The van der Waals surface area contributed by atoms with Crippen LogP contribution in [-0.4, -0.2) is 45.2 Å². The summed E-state index contributed by atoms with van der Waals surface area (Å²) in [6.07, 6.45) is 7.27. The number of aromatic nitrogens is 3. The fourth-order valence-corrected chi connectivity index (χ4v) is 5.92. The fraction of sp³-hybridized carbons (Fsp3) is 0.370. The maximum atomic E-state index is 13.6. The summed E-state index contributed by atoms with van der Waals surface area (Å²) < 4.78 is 27.0. The van der Waals surface area contributed by atoms with Gasteiger partial charge in [-0.2, -0.15) is 0 Å². The number of hydrogen-bond acceptors (Lipinski definition) is 7. The van der Waals surface area contributed by atoms with Gasteiger partial charge in [0.15, 0.2) is 11.4 Å². The summed E-state index contributed by atoms with van der Waals surface area (Å²) in [5.74, 6) is 0.788. The first-order valence-corrected chi connectivity index (χ1v) is 12.2. The van der Waals surface area contributed by atoms with Gasteiger partial charge in [-0.05, 0) is 43.5 Å². The highest BCUT2D eigenvalue weighted by molar-refractivity contribution is 5.90. The van der Waals surface area contributed by atoms with Crippen molar-refractivity contribution in [2.24, 2.45) is 16.5 Å². The molecule has 0 N–H and O–H groups in total. The quantitative estimate of drug-likeness (QED) is 0.420. The third-order valence-electron chi connectivity index (χ3n) is 7.89. The zero-order chi connectivity index (χ0) is 24.5. The second-order valence-electron chi connectivity index (χ2n) is 10.4. The van der Waals surface area contributed by atoms with Crippen LogP contribution in [-0.2, 0) is 21.7 Å². The first kappa shape index (κ1) is 21.6. The molecule has 0 radical (unpaired) electrons. The summed E-state index contributed by atoms with van der Waals surface area (Å²) >= 11 is 0. The van der Waals surface area contributed by atoms with Crippen molar-refractivity contribution in [3.63, 3.8) is 0 Å². The number of oxime groups is 1. The number of nitrogens with zero attached hydrogens (tertiary/aromatic N) is 5. The lowest BCUT2D eigenvalue weighted by atomic mass is 9.71. The first-order chi connectivity index (χ1) is 17.4. The first-order valence-electron chi connectivity index (χ1n) is 12.2. The van der Waals surface area contributed by atoms with Crippen molar-refractivity contribution in [2.75, 3.05) is 19.8 Å². The maximum absolute atomic E-state index is 13.6. The molecule has 2 unspecified atom stereocenters. The van der Waals surface area contributed by atoms with Crippen molar-refractivity contribution >= 4 is 16.8 Å². The molecule has 7 rings (SSSR count). The van der Waals surface area contributed by atoms with Crippen LogP contribution in [0.2, 0.25) is 0 Å². The molecule has 2 fully saturated rings. The van der Waals surface area contributed by atoms with Gasteiger partial charge in [0, 0.05) is 41.9 Å². The SMILES string of the molecule is Cc1cn(-c2ccc(CC3CC4(COC4)CN4C3=NOC4(C)c3ccc(F)cc3)c3cnoc23)cn1. The fourth-order valence-electron chi connectivity index (χ4n) is 5.92. The Morgan fingerprint density at radius 2 is 1.97 bits per heavy atom. The van der Waals surface area contributed by atoms with Crippen LogP contribution in [0.3, 0.4) is 0 Å². The van der Waals surface area contributed by atoms with Gasteiger partial charge in [0.05, 0.1) is 37.1 Å². The number of fused-ring (bicyclic) bond motifs is 2. The van der Waals surface area contributed by atoms with E-state index < -0.39 is 5.72 Å². The van der Waals surface area contributed by atoms with E-state index in [-0.39, 0.29) is 17.2 Å².